The zero-order chi connectivity index (χ0) is 24.9. The molecule has 3 N–H and O–H groups in total. The van der Waals surface area contributed by atoms with E-state index in [1.165, 1.54) is 18.2 Å². The van der Waals surface area contributed by atoms with E-state index < -0.39 is 18.4 Å². The van der Waals surface area contributed by atoms with Crippen LogP contribution in [0.25, 0.3) is 22.4 Å². The molecule has 1 aromatic heterocycles. The summed E-state index contributed by atoms with van der Waals surface area (Å²) in [5.74, 6) is -0.944. The van der Waals surface area contributed by atoms with E-state index >= 15 is 0 Å². The third-order valence-corrected chi connectivity index (χ3v) is 5.84. The molecule has 0 aliphatic rings. The Kier molecular flexibility index (Phi) is 7.60. The highest BCUT2D eigenvalue weighted by molar-refractivity contribution is 6.36. The van der Waals surface area contributed by atoms with Crippen LogP contribution in [0.5, 0.6) is 5.88 Å². The minimum Gasteiger partial charge on any atom is -0.466 e. The normalized spacial score (nSPS) is 10.6. The monoisotopic (exact) mass is 528 g/mol. The SMILES string of the molecule is Cc1ccc(-c2c(OCC(=O)NNC(=O)c3ccc(Cl)cc3Cl)n[nH]c2-c2ccc(Cl)cc2)cc1. The van der Waals surface area contributed by atoms with Crippen LogP contribution in [0, 0.1) is 6.92 Å². The number of hydrogen-bond donors (Lipinski definition) is 3. The molecular formula is C25H19Cl3N4O3. The van der Waals surface area contributed by atoms with Gasteiger partial charge in [-0.1, -0.05) is 76.8 Å². The summed E-state index contributed by atoms with van der Waals surface area (Å²) >= 11 is 17.9. The number of aromatic nitrogens is 2. The van der Waals surface area contributed by atoms with Gasteiger partial charge in [0.2, 0.25) is 5.88 Å². The molecule has 178 valence electrons. The lowest BCUT2D eigenvalue weighted by Gasteiger charge is -2.10. The van der Waals surface area contributed by atoms with Crippen molar-refractivity contribution in [2.24, 2.45) is 0 Å². The molecule has 0 saturated carbocycles. The molecule has 0 bridgehead atoms. The number of benzene rings is 3. The first kappa shape index (κ1) is 24.6. The molecule has 0 spiro atoms. The zero-order valence-corrected chi connectivity index (χ0v) is 20.6. The van der Waals surface area contributed by atoms with Gasteiger partial charge in [-0.05, 0) is 42.8 Å². The molecule has 0 fully saturated rings. The summed E-state index contributed by atoms with van der Waals surface area (Å²) in [5, 5.41) is 8.42. The predicted octanol–water partition coefficient (Wildman–Crippen LogP) is 5.85. The maximum atomic E-state index is 12.3. The van der Waals surface area contributed by atoms with Gasteiger partial charge >= 0.3 is 0 Å². The molecule has 4 rings (SSSR count). The molecule has 0 radical (unpaired) electrons. The Morgan fingerprint density at radius 3 is 2.23 bits per heavy atom. The largest absolute Gasteiger partial charge is 0.466 e. The maximum absolute atomic E-state index is 12.3. The molecule has 0 aliphatic carbocycles. The van der Waals surface area contributed by atoms with Crippen LogP contribution < -0.4 is 15.6 Å². The van der Waals surface area contributed by atoms with E-state index in [4.69, 9.17) is 39.5 Å². The molecule has 0 atom stereocenters. The molecule has 4 aromatic rings. The smallest absolute Gasteiger partial charge is 0.276 e. The van der Waals surface area contributed by atoms with Gasteiger partial charge in [-0.3, -0.25) is 25.5 Å². The van der Waals surface area contributed by atoms with Crippen LogP contribution in [0.4, 0.5) is 0 Å². The van der Waals surface area contributed by atoms with Gasteiger partial charge in [-0.25, -0.2) is 0 Å². The first-order valence-corrected chi connectivity index (χ1v) is 11.5. The molecule has 0 unspecified atom stereocenters. The fraction of sp³-hybridized carbons (Fsp3) is 0.0800. The highest BCUT2D eigenvalue weighted by atomic mass is 35.5. The molecule has 0 aliphatic heterocycles. The molecule has 35 heavy (non-hydrogen) atoms. The molecule has 10 heteroatoms. The first-order valence-electron chi connectivity index (χ1n) is 10.4. The average Bonchev–Trinajstić information content (AvgIpc) is 3.26. The Morgan fingerprint density at radius 2 is 1.54 bits per heavy atom. The summed E-state index contributed by atoms with van der Waals surface area (Å²) in [4.78, 5) is 24.6. The van der Waals surface area contributed by atoms with Crippen molar-refractivity contribution >= 4 is 46.6 Å². The summed E-state index contributed by atoms with van der Waals surface area (Å²) < 4.78 is 5.71. The fourth-order valence-corrected chi connectivity index (χ4v) is 3.90. The summed E-state index contributed by atoms with van der Waals surface area (Å²) in [7, 11) is 0. The van der Waals surface area contributed by atoms with Crippen molar-refractivity contribution < 1.29 is 14.3 Å². The minimum atomic E-state index is -0.592. The molecule has 7 nitrogen and oxygen atoms in total. The minimum absolute atomic E-state index is 0.162. The van der Waals surface area contributed by atoms with Gasteiger partial charge in [0.25, 0.3) is 11.8 Å². The number of ether oxygens (including phenoxy) is 1. The maximum Gasteiger partial charge on any atom is 0.276 e. The Hall–Kier alpha value is -3.52. The summed E-state index contributed by atoms with van der Waals surface area (Å²) in [6.07, 6.45) is 0. The summed E-state index contributed by atoms with van der Waals surface area (Å²) in [6, 6.07) is 19.5. The molecular weight excluding hydrogens is 511 g/mol. The number of hydrazine groups is 1. The number of hydrogen-bond acceptors (Lipinski definition) is 4. The second-order valence-electron chi connectivity index (χ2n) is 7.57. The lowest BCUT2D eigenvalue weighted by Crippen LogP contribution is -2.43. The summed E-state index contributed by atoms with van der Waals surface area (Å²) in [5.41, 5.74) is 8.97. The van der Waals surface area contributed by atoms with Crippen LogP contribution in [0.1, 0.15) is 15.9 Å². The third kappa shape index (κ3) is 5.95. The van der Waals surface area contributed by atoms with E-state index in [1.807, 2.05) is 43.3 Å². The number of nitrogens with zero attached hydrogens (tertiary/aromatic N) is 1. The standard InChI is InChI=1S/C25H19Cl3N4O3/c1-14-2-4-15(5-3-14)22-23(16-6-8-17(26)9-7-16)30-32-25(22)35-13-21(33)29-31-24(34)19-11-10-18(27)12-20(19)28/h2-12H,13H2,1H3,(H,29,33)(H,30,32)(H,31,34). The lowest BCUT2D eigenvalue weighted by molar-refractivity contribution is -0.123. The van der Waals surface area contributed by atoms with E-state index in [0.717, 1.165) is 16.7 Å². The molecule has 2 amide bonds. The van der Waals surface area contributed by atoms with Crippen LogP contribution in [-0.2, 0) is 4.79 Å². The summed E-state index contributed by atoms with van der Waals surface area (Å²) in [6.45, 7) is 1.60. The van der Waals surface area contributed by atoms with Gasteiger partial charge in [0, 0.05) is 15.6 Å². The first-order chi connectivity index (χ1) is 16.8. The topological polar surface area (TPSA) is 96.1 Å². The van der Waals surface area contributed by atoms with Gasteiger partial charge in [0.05, 0.1) is 21.8 Å². The Bertz CT molecular complexity index is 1370. The second-order valence-corrected chi connectivity index (χ2v) is 8.85. The molecule has 3 aromatic carbocycles. The predicted molar refractivity (Wildman–Crippen MR) is 137 cm³/mol. The van der Waals surface area contributed by atoms with Crippen LogP contribution in [0.15, 0.2) is 66.7 Å². The van der Waals surface area contributed by atoms with Crippen molar-refractivity contribution in [3.05, 3.63) is 92.9 Å². The van der Waals surface area contributed by atoms with E-state index in [1.54, 1.807) is 12.1 Å². The average molecular weight is 530 g/mol. The van der Waals surface area contributed by atoms with Crippen molar-refractivity contribution in [2.75, 3.05) is 6.61 Å². The van der Waals surface area contributed by atoms with E-state index in [9.17, 15) is 9.59 Å². The van der Waals surface area contributed by atoms with Gasteiger partial charge in [0.1, 0.15) is 0 Å². The lowest BCUT2D eigenvalue weighted by atomic mass is 10.0. The number of rotatable bonds is 6. The van der Waals surface area contributed by atoms with Crippen LogP contribution >= 0.6 is 34.8 Å². The van der Waals surface area contributed by atoms with E-state index in [0.29, 0.717) is 21.3 Å². The number of aromatic amines is 1. The number of amides is 2. The quantitative estimate of drug-likeness (QED) is 0.273. The van der Waals surface area contributed by atoms with Gasteiger partial charge in [-0.2, -0.15) is 0 Å². The van der Waals surface area contributed by atoms with Gasteiger partial charge in [0.15, 0.2) is 6.61 Å². The molecule has 0 saturated heterocycles. The van der Waals surface area contributed by atoms with Gasteiger partial charge < -0.3 is 4.74 Å². The Balaban J connectivity index is 1.48. The number of nitrogens with one attached hydrogen (secondary N) is 3. The third-order valence-electron chi connectivity index (χ3n) is 5.04. The van der Waals surface area contributed by atoms with Crippen molar-refractivity contribution in [2.45, 2.75) is 6.92 Å². The van der Waals surface area contributed by atoms with E-state index in [-0.39, 0.29) is 16.5 Å². The highest BCUT2D eigenvalue weighted by Crippen LogP contribution is 2.37. The molecule has 1 heterocycles. The number of halogens is 3. The van der Waals surface area contributed by atoms with Crippen molar-refractivity contribution in [1.29, 1.82) is 0 Å². The fourth-order valence-electron chi connectivity index (χ4n) is 3.28. The number of aryl methyl sites for hydroxylation is 1. The van der Waals surface area contributed by atoms with Crippen molar-refractivity contribution in [1.82, 2.24) is 21.0 Å². The number of H-pyrrole nitrogens is 1. The number of carbonyl (C=O) groups excluding carboxylic acids is 2. The van der Waals surface area contributed by atoms with Crippen LogP contribution in [0.3, 0.4) is 0 Å². The number of carbonyl (C=O) groups is 2. The second kappa shape index (κ2) is 10.8. The Labute approximate surface area is 216 Å². The highest BCUT2D eigenvalue weighted by Gasteiger charge is 2.19. The van der Waals surface area contributed by atoms with Crippen LogP contribution in [0.2, 0.25) is 15.1 Å². The van der Waals surface area contributed by atoms with Crippen molar-refractivity contribution in [3.8, 4) is 28.3 Å². The zero-order valence-electron chi connectivity index (χ0n) is 18.4. The van der Waals surface area contributed by atoms with Gasteiger partial charge in [-0.15, -0.1) is 5.10 Å². The van der Waals surface area contributed by atoms with Crippen molar-refractivity contribution in [3.63, 3.8) is 0 Å². The van der Waals surface area contributed by atoms with E-state index in [2.05, 4.69) is 21.0 Å². The Morgan fingerprint density at radius 1 is 0.886 bits per heavy atom. The van der Waals surface area contributed by atoms with Crippen LogP contribution in [-0.4, -0.2) is 28.6 Å².